The molecule has 0 N–H and O–H groups in total. The lowest BCUT2D eigenvalue weighted by atomic mass is 10.2. The first-order valence-corrected chi connectivity index (χ1v) is 5.86. The number of hydrogen-bond acceptors (Lipinski definition) is 0. The smallest absolute Gasteiger partial charge is 0.0161 e. The van der Waals surface area contributed by atoms with E-state index in [2.05, 4.69) is 30.7 Å². The van der Waals surface area contributed by atoms with Crippen molar-refractivity contribution in [2.45, 2.75) is 12.8 Å². The van der Waals surface area contributed by atoms with Gasteiger partial charge in [-0.1, -0.05) is 25.2 Å². The molecule has 13 heavy (non-hydrogen) atoms. The van der Waals surface area contributed by atoms with Crippen molar-refractivity contribution in [2.75, 3.05) is 6.26 Å². The Morgan fingerprint density at radius 1 is 1.62 bits per heavy atom. The summed E-state index contributed by atoms with van der Waals surface area (Å²) in [6.07, 6.45) is 12.8. The zero-order valence-corrected chi connectivity index (χ0v) is 8.94. The molecular weight excluding hydrogens is 176 g/mol. The zero-order valence-electron chi connectivity index (χ0n) is 8.12. The SMILES string of the molecule is C#C/C=C/CCC(=C)/C=S(/C)C=C. The molecule has 0 radical (unpaired) electrons. The zero-order chi connectivity index (χ0) is 10.1. The summed E-state index contributed by atoms with van der Waals surface area (Å²) in [7, 11) is 0.161. The van der Waals surface area contributed by atoms with Crippen LogP contribution in [0.1, 0.15) is 12.8 Å². The van der Waals surface area contributed by atoms with Gasteiger partial charge in [-0.2, -0.15) is 10.5 Å². The van der Waals surface area contributed by atoms with Crippen LogP contribution >= 0.6 is 10.5 Å². The number of rotatable bonds is 5. The van der Waals surface area contributed by atoms with Crippen molar-refractivity contribution >= 4 is 15.9 Å². The van der Waals surface area contributed by atoms with Crippen LogP contribution in [-0.4, -0.2) is 11.6 Å². The molecule has 0 fully saturated rings. The van der Waals surface area contributed by atoms with Crippen LogP contribution in [0.2, 0.25) is 0 Å². The third-order valence-electron chi connectivity index (χ3n) is 1.46. The molecule has 0 aliphatic rings. The first-order valence-electron chi connectivity index (χ1n) is 4.10. The average molecular weight is 192 g/mol. The maximum atomic E-state index is 5.07. The minimum absolute atomic E-state index is 0.161. The molecule has 0 heterocycles. The summed E-state index contributed by atoms with van der Waals surface area (Å²) < 4.78 is 0. The Morgan fingerprint density at radius 3 is 2.85 bits per heavy atom. The molecule has 70 valence electrons. The van der Waals surface area contributed by atoms with Crippen LogP contribution in [0.3, 0.4) is 0 Å². The van der Waals surface area contributed by atoms with Gasteiger partial charge in [0, 0.05) is 0 Å². The van der Waals surface area contributed by atoms with Crippen molar-refractivity contribution in [1.29, 1.82) is 0 Å². The molecule has 0 bridgehead atoms. The van der Waals surface area contributed by atoms with Gasteiger partial charge >= 0.3 is 0 Å². The van der Waals surface area contributed by atoms with Crippen molar-refractivity contribution < 1.29 is 0 Å². The van der Waals surface area contributed by atoms with E-state index in [-0.39, 0.29) is 10.5 Å². The van der Waals surface area contributed by atoms with Crippen molar-refractivity contribution in [3.63, 3.8) is 0 Å². The standard InChI is InChI=1S/C12H16S/c1-5-7-8-9-10-12(3)11-13(4)6-2/h1,6-8,11H,2-3,9-10H2,4H3/b8-7+. The third kappa shape index (κ3) is 7.36. The van der Waals surface area contributed by atoms with Gasteiger partial charge in [0.15, 0.2) is 0 Å². The molecule has 0 aromatic carbocycles. The summed E-state index contributed by atoms with van der Waals surface area (Å²) in [6, 6.07) is 0. The van der Waals surface area contributed by atoms with Gasteiger partial charge in [0.25, 0.3) is 0 Å². The van der Waals surface area contributed by atoms with E-state index in [4.69, 9.17) is 6.42 Å². The lowest BCUT2D eigenvalue weighted by molar-refractivity contribution is 1.03. The van der Waals surface area contributed by atoms with Gasteiger partial charge in [0.05, 0.1) is 0 Å². The van der Waals surface area contributed by atoms with Gasteiger partial charge in [0.2, 0.25) is 0 Å². The summed E-state index contributed by atoms with van der Waals surface area (Å²) in [4.78, 5) is 0. The summed E-state index contributed by atoms with van der Waals surface area (Å²) in [5.41, 5.74) is 1.16. The third-order valence-corrected chi connectivity index (χ3v) is 2.69. The van der Waals surface area contributed by atoms with Gasteiger partial charge in [-0.3, -0.25) is 0 Å². The fourth-order valence-electron chi connectivity index (χ4n) is 0.790. The Kier molecular flexibility index (Phi) is 7.05. The predicted octanol–water partition coefficient (Wildman–Crippen LogP) is 3.36. The molecule has 0 aliphatic heterocycles. The maximum Gasteiger partial charge on any atom is -0.0161 e. The van der Waals surface area contributed by atoms with Crippen LogP contribution in [0.5, 0.6) is 0 Å². The first kappa shape index (κ1) is 12.0. The lowest BCUT2D eigenvalue weighted by Crippen LogP contribution is -1.81. The summed E-state index contributed by atoms with van der Waals surface area (Å²) in [6.45, 7) is 7.68. The molecule has 0 saturated carbocycles. The number of hydrogen-bond donors (Lipinski definition) is 0. The van der Waals surface area contributed by atoms with Gasteiger partial charge in [-0.15, -0.1) is 6.42 Å². The lowest BCUT2D eigenvalue weighted by Gasteiger charge is -1.97. The van der Waals surface area contributed by atoms with Crippen molar-refractivity contribution in [2.24, 2.45) is 0 Å². The van der Waals surface area contributed by atoms with E-state index in [9.17, 15) is 0 Å². The molecule has 0 aromatic rings. The molecule has 0 rings (SSSR count). The molecule has 0 amide bonds. The van der Waals surface area contributed by atoms with Gasteiger partial charge in [0.1, 0.15) is 0 Å². The fourth-order valence-corrected chi connectivity index (χ4v) is 1.53. The normalized spacial score (nSPS) is 12.6. The fraction of sp³-hybridized carbons (Fsp3) is 0.250. The minimum Gasteiger partial charge on any atom is -0.166 e. The summed E-state index contributed by atoms with van der Waals surface area (Å²) in [5, 5.41) is 4.08. The molecule has 0 saturated heterocycles. The highest BCUT2D eigenvalue weighted by molar-refractivity contribution is 8.17. The molecule has 0 aliphatic carbocycles. The molecule has 1 heteroatoms. The summed E-state index contributed by atoms with van der Waals surface area (Å²) >= 11 is 0. The van der Waals surface area contributed by atoms with E-state index >= 15 is 0 Å². The van der Waals surface area contributed by atoms with Crippen molar-refractivity contribution in [3.8, 4) is 12.3 Å². The molecule has 0 nitrogen and oxygen atoms in total. The highest BCUT2D eigenvalue weighted by atomic mass is 32.2. The van der Waals surface area contributed by atoms with E-state index in [0.29, 0.717) is 0 Å². The average Bonchev–Trinajstić information content (AvgIpc) is 2.12. The van der Waals surface area contributed by atoms with Crippen LogP contribution in [0.25, 0.3) is 0 Å². The van der Waals surface area contributed by atoms with Crippen LogP contribution in [0.15, 0.2) is 36.3 Å². The van der Waals surface area contributed by atoms with E-state index in [1.54, 1.807) is 6.08 Å². The van der Waals surface area contributed by atoms with Crippen LogP contribution in [0, 0.1) is 12.3 Å². The second-order valence-electron chi connectivity index (χ2n) is 2.66. The Labute approximate surface area is 84.0 Å². The monoisotopic (exact) mass is 192 g/mol. The van der Waals surface area contributed by atoms with Gasteiger partial charge in [-0.25, -0.2) is 0 Å². The maximum absolute atomic E-state index is 5.07. The molecule has 1 atom stereocenters. The highest BCUT2D eigenvalue weighted by Gasteiger charge is 1.87. The number of terminal acetylenes is 1. The quantitative estimate of drug-likeness (QED) is 0.356. The van der Waals surface area contributed by atoms with Crippen molar-refractivity contribution in [1.82, 2.24) is 0 Å². The van der Waals surface area contributed by atoms with Crippen LogP contribution < -0.4 is 0 Å². The second kappa shape index (κ2) is 7.64. The number of allylic oxidation sites excluding steroid dienone is 3. The predicted molar refractivity (Wildman–Crippen MR) is 66.1 cm³/mol. The Balaban J connectivity index is 3.84. The molecular formula is C12H16S. The van der Waals surface area contributed by atoms with Crippen molar-refractivity contribution in [3.05, 3.63) is 36.3 Å². The highest BCUT2D eigenvalue weighted by Crippen LogP contribution is 2.10. The molecule has 0 spiro atoms. The molecule has 1 unspecified atom stereocenters. The molecule has 0 aromatic heterocycles. The summed E-state index contributed by atoms with van der Waals surface area (Å²) in [5.74, 6) is 2.46. The largest absolute Gasteiger partial charge is 0.166 e. The van der Waals surface area contributed by atoms with Gasteiger partial charge < -0.3 is 0 Å². The van der Waals surface area contributed by atoms with E-state index in [0.717, 1.165) is 18.4 Å². The first-order chi connectivity index (χ1) is 6.20. The Hall–Kier alpha value is -1.00. The van der Waals surface area contributed by atoms with Gasteiger partial charge in [-0.05, 0) is 41.5 Å². The Morgan fingerprint density at radius 2 is 2.31 bits per heavy atom. The van der Waals surface area contributed by atoms with Crippen LogP contribution in [0.4, 0.5) is 0 Å². The topological polar surface area (TPSA) is 0 Å². The van der Waals surface area contributed by atoms with Crippen LogP contribution in [-0.2, 0) is 0 Å². The Bertz CT molecular complexity index is 274. The minimum atomic E-state index is 0.161. The van der Waals surface area contributed by atoms with E-state index in [1.807, 2.05) is 11.5 Å². The van der Waals surface area contributed by atoms with E-state index in [1.165, 1.54) is 0 Å². The van der Waals surface area contributed by atoms with E-state index < -0.39 is 0 Å². The second-order valence-corrected chi connectivity index (χ2v) is 4.44.